The van der Waals surface area contributed by atoms with Crippen molar-refractivity contribution < 1.29 is 4.92 Å². The topological polar surface area (TPSA) is 85.3 Å². The molecule has 0 aliphatic heterocycles. The van der Waals surface area contributed by atoms with E-state index in [1.807, 2.05) is 11.9 Å². The number of nitrogens with two attached hydrogens (primary N) is 1. The highest BCUT2D eigenvalue weighted by molar-refractivity contribution is 5.47. The van der Waals surface area contributed by atoms with Gasteiger partial charge in [-0.25, -0.2) is 0 Å². The minimum absolute atomic E-state index is 0.163. The molecular weight excluding hydrogens is 220 g/mol. The molecule has 0 atom stereocenters. The van der Waals surface area contributed by atoms with Gasteiger partial charge in [-0.15, -0.1) is 0 Å². The van der Waals surface area contributed by atoms with E-state index in [9.17, 15) is 10.1 Å². The van der Waals surface area contributed by atoms with Gasteiger partial charge in [-0.3, -0.25) is 20.0 Å². The van der Waals surface area contributed by atoms with Crippen molar-refractivity contribution in [2.75, 3.05) is 20.1 Å². The second kappa shape index (κ2) is 5.70. The first kappa shape index (κ1) is 13.5. The Bertz CT molecular complexity index is 420. The molecule has 0 spiro atoms. The molecule has 94 valence electrons. The third-order valence-corrected chi connectivity index (χ3v) is 2.69. The molecule has 1 aromatic rings. The Morgan fingerprint density at radius 2 is 2.18 bits per heavy atom. The zero-order valence-electron chi connectivity index (χ0n) is 10.4. The van der Waals surface area contributed by atoms with Gasteiger partial charge in [0, 0.05) is 37.0 Å². The summed E-state index contributed by atoms with van der Waals surface area (Å²) in [6.45, 7) is 5.31. The summed E-state index contributed by atoms with van der Waals surface area (Å²) < 4.78 is 0. The number of likely N-dealkylation sites (N-methyl/N-ethyl adjacent to an activating group) is 1. The summed E-state index contributed by atoms with van der Waals surface area (Å²) in [6.07, 6.45) is 1.55. The van der Waals surface area contributed by atoms with Crippen LogP contribution >= 0.6 is 0 Å². The third-order valence-electron chi connectivity index (χ3n) is 2.69. The van der Waals surface area contributed by atoms with Crippen molar-refractivity contribution in [3.8, 4) is 0 Å². The highest BCUT2D eigenvalue weighted by Gasteiger charge is 2.19. The lowest BCUT2D eigenvalue weighted by Gasteiger charge is -2.16. The van der Waals surface area contributed by atoms with Crippen LogP contribution in [-0.4, -0.2) is 34.9 Å². The fourth-order valence-corrected chi connectivity index (χ4v) is 1.76. The molecule has 1 aromatic heterocycles. The van der Waals surface area contributed by atoms with Crippen LogP contribution < -0.4 is 5.73 Å². The highest BCUT2D eigenvalue weighted by atomic mass is 16.6. The summed E-state index contributed by atoms with van der Waals surface area (Å²) in [4.78, 5) is 16.9. The minimum Gasteiger partial charge on any atom is -0.329 e. The van der Waals surface area contributed by atoms with E-state index in [0.717, 1.165) is 12.2 Å². The lowest BCUT2D eigenvalue weighted by atomic mass is 10.1. The van der Waals surface area contributed by atoms with Crippen molar-refractivity contribution in [3.05, 3.63) is 33.1 Å². The van der Waals surface area contributed by atoms with E-state index in [0.29, 0.717) is 24.2 Å². The van der Waals surface area contributed by atoms with E-state index in [1.165, 1.54) is 0 Å². The van der Waals surface area contributed by atoms with Gasteiger partial charge >= 0.3 is 0 Å². The fraction of sp³-hybridized carbons (Fsp3) is 0.545. The molecule has 17 heavy (non-hydrogen) atoms. The second-order valence-electron chi connectivity index (χ2n) is 4.15. The molecule has 0 fully saturated rings. The van der Waals surface area contributed by atoms with Crippen molar-refractivity contribution in [2.24, 2.45) is 5.73 Å². The number of nitro groups is 1. The van der Waals surface area contributed by atoms with Crippen LogP contribution in [0.5, 0.6) is 0 Å². The van der Waals surface area contributed by atoms with Gasteiger partial charge in [-0.05, 0) is 20.9 Å². The Morgan fingerprint density at radius 1 is 1.53 bits per heavy atom. The lowest BCUT2D eigenvalue weighted by molar-refractivity contribution is -0.386. The zero-order valence-corrected chi connectivity index (χ0v) is 10.4. The molecule has 0 aromatic carbocycles. The maximum absolute atomic E-state index is 11.0. The number of rotatable bonds is 5. The first-order chi connectivity index (χ1) is 7.97. The maximum Gasteiger partial charge on any atom is 0.278 e. The number of pyridine rings is 1. The molecule has 6 nitrogen and oxygen atoms in total. The van der Waals surface area contributed by atoms with Crippen LogP contribution in [-0.2, 0) is 6.54 Å². The van der Waals surface area contributed by atoms with E-state index >= 15 is 0 Å². The van der Waals surface area contributed by atoms with Crippen molar-refractivity contribution in [2.45, 2.75) is 20.4 Å². The van der Waals surface area contributed by atoms with Gasteiger partial charge in [0.25, 0.3) is 5.69 Å². The summed E-state index contributed by atoms with van der Waals surface area (Å²) in [5, 5.41) is 11.0. The average molecular weight is 238 g/mol. The molecule has 6 heteroatoms. The van der Waals surface area contributed by atoms with E-state index in [2.05, 4.69) is 4.98 Å². The predicted octanol–water partition coefficient (Wildman–Crippen LogP) is 0.997. The Morgan fingerprint density at radius 3 is 2.71 bits per heavy atom. The minimum atomic E-state index is -0.348. The number of hydrogen-bond donors (Lipinski definition) is 1. The van der Waals surface area contributed by atoms with E-state index in [4.69, 9.17) is 5.73 Å². The zero-order chi connectivity index (χ0) is 13.0. The summed E-state index contributed by atoms with van der Waals surface area (Å²) in [5.74, 6) is 0. The number of aromatic nitrogens is 1. The normalized spacial score (nSPS) is 10.9. The van der Waals surface area contributed by atoms with Crippen molar-refractivity contribution in [1.82, 2.24) is 9.88 Å². The Hall–Kier alpha value is -1.53. The Kier molecular flexibility index (Phi) is 4.53. The van der Waals surface area contributed by atoms with Gasteiger partial charge in [-0.1, -0.05) is 0 Å². The highest BCUT2D eigenvalue weighted by Crippen LogP contribution is 2.24. The van der Waals surface area contributed by atoms with Crippen LogP contribution in [0.1, 0.15) is 16.8 Å². The second-order valence-corrected chi connectivity index (χ2v) is 4.15. The summed E-state index contributed by atoms with van der Waals surface area (Å²) in [5.41, 5.74) is 7.58. The molecule has 0 unspecified atom stereocenters. The maximum atomic E-state index is 11.0. The molecule has 0 amide bonds. The van der Waals surface area contributed by atoms with Gasteiger partial charge in [0.05, 0.1) is 10.6 Å². The van der Waals surface area contributed by atoms with Crippen molar-refractivity contribution >= 4 is 5.69 Å². The van der Waals surface area contributed by atoms with E-state index < -0.39 is 0 Å². The van der Waals surface area contributed by atoms with Crippen molar-refractivity contribution in [3.63, 3.8) is 0 Å². The Labute approximate surface area is 101 Å². The van der Waals surface area contributed by atoms with Crippen LogP contribution in [0.4, 0.5) is 5.69 Å². The van der Waals surface area contributed by atoms with Crippen LogP contribution in [0, 0.1) is 24.0 Å². The monoisotopic (exact) mass is 238 g/mol. The quantitative estimate of drug-likeness (QED) is 0.611. The molecule has 0 saturated carbocycles. The Balaban J connectivity index is 3.02. The number of hydrogen-bond acceptors (Lipinski definition) is 5. The van der Waals surface area contributed by atoms with Crippen LogP contribution in [0.3, 0.4) is 0 Å². The van der Waals surface area contributed by atoms with Crippen LogP contribution in [0.15, 0.2) is 6.20 Å². The molecule has 0 bridgehead atoms. The lowest BCUT2D eigenvalue weighted by Crippen LogP contribution is -2.26. The van der Waals surface area contributed by atoms with Gasteiger partial charge in [0.15, 0.2) is 0 Å². The van der Waals surface area contributed by atoms with Gasteiger partial charge in [-0.2, -0.15) is 0 Å². The third kappa shape index (κ3) is 3.21. The smallest absolute Gasteiger partial charge is 0.278 e. The molecule has 0 radical (unpaired) electrons. The van der Waals surface area contributed by atoms with E-state index in [1.54, 1.807) is 20.0 Å². The van der Waals surface area contributed by atoms with Crippen molar-refractivity contribution in [1.29, 1.82) is 0 Å². The molecule has 1 heterocycles. The summed E-state index contributed by atoms with van der Waals surface area (Å²) in [6, 6.07) is 0. The van der Waals surface area contributed by atoms with Gasteiger partial charge < -0.3 is 5.73 Å². The predicted molar refractivity (Wildman–Crippen MR) is 65.8 cm³/mol. The number of aryl methyl sites for hydroxylation is 1. The van der Waals surface area contributed by atoms with Gasteiger partial charge in [0.2, 0.25) is 0 Å². The van der Waals surface area contributed by atoms with E-state index in [-0.39, 0.29) is 10.6 Å². The SMILES string of the molecule is Cc1cnc(CN(C)CCN)c(C)c1[N+](=O)[O-]. The molecule has 2 N–H and O–H groups in total. The standard InChI is InChI=1S/C11H18N4O2/c1-8-6-13-10(7-14(3)5-4-12)9(2)11(8)15(16)17/h6H,4-5,7,12H2,1-3H3. The largest absolute Gasteiger partial charge is 0.329 e. The summed E-state index contributed by atoms with van der Waals surface area (Å²) >= 11 is 0. The molecule has 0 saturated heterocycles. The molecular formula is C11H18N4O2. The van der Waals surface area contributed by atoms with Crippen LogP contribution in [0.25, 0.3) is 0 Å². The number of nitrogens with zero attached hydrogens (tertiary/aromatic N) is 3. The molecule has 0 aliphatic rings. The average Bonchev–Trinajstić information content (AvgIpc) is 2.22. The fourth-order valence-electron chi connectivity index (χ4n) is 1.76. The van der Waals surface area contributed by atoms with Crippen LogP contribution in [0.2, 0.25) is 0 Å². The van der Waals surface area contributed by atoms with Gasteiger partial charge in [0.1, 0.15) is 0 Å². The first-order valence-corrected chi connectivity index (χ1v) is 5.45. The molecule has 0 aliphatic carbocycles. The first-order valence-electron chi connectivity index (χ1n) is 5.45. The summed E-state index contributed by atoms with van der Waals surface area (Å²) in [7, 11) is 1.92. The molecule has 1 rings (SSSR count).